The van der Waals surface area contributed by atoms with Crippen LogP contribution in [0.15, 0.2) is 30.6 Å². The van der Waals surface area contributed by atoms with Crippen molar-refractivity contribution in [1.29, 1.82) is 0 Å². The third kappa shape index (κ3) is 3.20. The predicted molar refractivity (Wildman–Crippen MR) is 77.7 cm³/mol. The Morgan fingerprint density at radius 2 is 2.11 bits per heavy atom. The summed E-state index contributed by atoms with van der Waals surface area (Å²) in [6.45, 7) is 5.57. The molecule has 19 heavy (non-hydrogen) atoms. The van der Waals surface area contributed by atoms with Gasteiger partial charge in [-0.15, -0.1) is 0 Å². The van der Waals surface area contributed by atoms with Crippen molar-refractivity contribution in [3.8, 4) is 0 Å². The molecule has 0 spiro atoms. The van der Waals surface area contributed by atoms with Gasteiger partial charge in [0.1, 0.15) is 0 Å². The van der Waals surface area contributed by atoms with Crippen LogP contribution >= 0.6 is 0 Å². The van der Waals surface area contributed by atoms with Crippen molar-refractivity contribution < 1.29 is 4.74 Å². The topological polar surface area (TPSA) is 27.1 Å². The number of allylic oxidation sites excluding steroid dienone is 1. The molecule has 3 heteroatoms. The van der Waals surface area contributed by atoms with E-state index in [2.05, 4.69) is 29.6 Å². The second-order valence-electron chi connectivity index (χ2n) is 6.04. The van der Waals surface area contributed by atoms with E-state index in [0.29, 0.717) is 5.92 Å². The fourth-order valence-corrected chi connectivity index (χ4v) is 3.50. The van der Waals surface area contributed by atoms with Crippen molar-refractivity contribution in [2.45, 2.75) is 52.5 Å². The van der Waals surface area contributed by atoms with Gasteiger partial charge in [-0.25, -0.2) is 4.98 Å². The van der Waals surface area contributed by atoms with Gasteiger partial charge in [-0.1, -0.05) is 33.1 Å². The van der Waals surface area contributed by atoms with Gasteiger partial charge in [-0.2, -0.15) is 0 Å². The van der Waals surface area contributed by atoms with Crippen LogP contribution in [0.3, 0.4) is 0 Å². The van der Waals surface area contributed by atoms with Gasteiger partial charge in [0.05, 0.1) is 19.7 Å². The SMILES string of the molecule is CO/C=C(\C(C)C)C1(Cn2ccnc2)CCCCC1. The summed E-state index contributed by atoms with van der Waals surface area (Å²) in [5.41, 5.74) is 1.71. The van der Waals surface area contributed by atoms with Crippen molar-refractivity contribution in [2.75, 3.05) is 7.11 Å². The summed E-state index contributed by atoms with van der Waals surface area (Å²) in [6, 6.07) is 0. The smallest absolute Gasteiger partial charge is 0.0946 e. The molecule has 1 aliphatic rings. The lowest BCUT2D eigenvalue weighted by Crippen LogP contribution is -2.33. The molecule has 0 aromatic carbocycles. The van der Waals surface area contributed by atoms with Crippen molar-refractivity contribution in [1.82, 2.24) is 9.55 Å². The van der Waals surface area contributed by atoms with E-state index < -0.39 is 0 Å². The third-order valence-electron chi connectivity index (χ3n) is 4.33. The third-order valence-corrected chi connectivity index (χ3v) is 4.33. The summed E-state index contributed by atoms with van der Waals surface area (Å²) in [5.74, 6) is 0.529. The zero-order valence-corrected chi connectivity index (χ0v) is 12.4. The summed E-state index contributed by atoms with van der Waals surface area (Å²) < 4.78 is 7.60. The molecule has 3 nitrogen and oxygen atoms in total. The van der Waals surface area contributed by atoms with Crippen molar-refractivity contribution in [2.24, 2.45) is 11.3 Å². The van der Waals surface area contributed by atoms with Gasteiger partial charge >= 0.3 is 0 Å². The lowest BCUT2D eigenvalue weighted by molar-refractivity contribution is 0.179. The normalized spacial score (nSPS) is 19.7. The maximum absolute atomic E-state index is 5.38. The fraction of sp³-hybridized carbons (Fsp3) is 0.688. The zero-order valence-electron chi connectivity index (χ0n) is 12.4. The highest BCUT2D eigenvalue weighted by molar-refractivity contribution is 5.16. The van der Waals surface area contributed by atoms with Crippen LogP contribution in [0.2, 0.25) is 0 Å². The predicted octanol–water partition coefficient (Wildman–Crippen LogP) is 4.02. The molecule has 1 saturated carbocycles. The summed E-state index contributed by atoms with van der Waals surface area (Å²) in [5, 5.41) is 0. The first kappa shape index (κ1) is 14.2. The number of methoxy groups -OCH3 is 1. The quantitative estimate of drug-likeness (QED) is 0.749. The van der Waals surface area contributed by atoms with E-state index in [-0.39, 0.29) is 5.41 Å². The fourth-order valence-electron chi connectivity index (χ4n) is 3.50. The highest BCUT2D eigenvalue weighted by Gasteiger charge is 2.37. The summed E-state index contributed by atoms with van der Waals surface area (Å²) in [7, 11) is 1.76. The van der Waals surface area contributed by atoms with Crippen LogP contribution in [0, 0.1) is 11.3 Å². The molecule has 1 heterocycles. The highest BCUT2D eigenvalue weighted by Crippen LogP contribution is 2.46. The molecule has 0 aliphatic heterocycles. The van der Waals surface area contributed by atoms with Crippen LogP contribution < -0.4 is 0 Å². The molecule has 0 amide bonds. The Bertz CT molecular complexity index is 400. The number of nitrogens with zero attached hydrogens (tertiary/aromatic N) is 2. The average Bonchev–Trinajstić information content (AvgIpc) is 2.89. The molecule has 0 unspecified atom stereocenters. The molecule has 2 rings (SSSR count). The highest BCUT2D eigenvalue weighted by atomic mass is 16.5. The Kier molecular flexibility index (Phi) is 4.67. The number of hydrogen-bond acceptors (Lipinski definition) is 2. The lowest BCUT2D eigenvalue weighted by Gasteiger charge is -2.41. The van der Waals surface area contributed by atoms with Crippen LogP contribution in [0.1, 0.15) is 46.0 Å². The molecule has 0 N–H and O–H groups in total. The van der Waals surface area contributed by atoms with Gasteiger partial charge in [0.2, 0.25) is 0 Å². The van der Waals surface area contributed by atoms with Crippen LogP contribution in [0.5, 0.6) is 0 Å². The van der Waals surface area contributed by atoms with E-state index in [4.69, 9.17) is 4.74 Å². The standard InChI is InChI=1S/C16H26N2O/c1-14(2)15(11-19-3)16(7-5-4-6-8-16)12-18-10-9-17-13-18/h9-11,13-14H,4-8,12H2,1-3H3/b15-11+. The van der Waals surface area contributed by atoms with Crippen molar-refractivity contribution in [3.05, 3.63) is 30.6 Å². The van der Waals surface area contributed by atoms with Crippen LogP contribution in [0.4, 0.5) is 0 Å². The number of ether oxygens (including phenoxy) is 1. The van der Waals surface area contributed by atoms with Crippen molar-refractivity contribution in [3.63, 3.8) is 0 Å². The minimum atomic E-state index is 0.253. The maximum Gasteiger partial charge on any atom is 0.0946 e. The van der Waals surface area contributed by atoms with E-state index in [1.807, 2.05) is 18.8 Å². The molecule has 0 saturated heterocycles. The maximum atomic E-state index is 5.38. The minimum absolute atomic E-state index is 0.253. The first-order valence-corrected chi connectivity index (χ1v) is 7.37. The van der Waals surface area contributed by atoms with Gasteiger partial charge in [0.25, 0.3) is 0 Å². The Hall–Kier alpha value is -1.25. The number of rotatable bonds is 5. The zero-order chi connectivity index (χ0) is 13.7. The van der Waals surface area contributed by atoms with E-state index in [0.717, 1.165) is 6.54 Å². The molecular formula is C16H26N2O. The van der Waals surface area contributed by atoms with Gasteiger partial charge in [-0.3, -0.25) is 0 Å². The van der Waals surface area contributed by atoms with Crippen LogP contribution in [0.25, 0.3) is 0 Å². The Labute approximate surface area is 116 Å². The molecule has 0 atom stereocenters. The molecule has 1 aromatic rings. The number of aromatic nitrogens is 2. The largest absolute Gasteiger partial charge is 0.504 e. The number of hydrogen-bond donors (Lipinski definition) is 0. The van der Waals surface area contributed by atoms with Gasteiger partial charge in [-0.05, 0) is 24.3 Å². The van der Waals surface area contributed by atoms with Crippen LogP contribution in [-0.2, 0) is 11.3 Å². The minimum Gasteiger partial charge on any atom is -0.504 e. The lowest BCUT2D eigenvalue weighted by atomic mass is 9.66. The molecule has 106 valence electrons. The molecule has 0 radical (unpaired) electrons. The second-order valence-corrected chi connectivity index (χ2v) is 6.04. The second kappa shape index (κ2) is 6.27. The number of imidazole rings is 1. The van der Waals surface area contributed by atoms with E-state index >= 15 is 0 Å². The Morgan fingerprint density at radius 3 is 2.63 bits per heavy atom. The monoisotopic (exact) mass is 262 g/mol. The van der Waals surface area contributed by atoms with Gasteiger partial charge in [0.15, 0.2) is 0 Å². The Balaban J connectivity index is 2.29. The van der Waals surface area contributed by atoms with Gasteiger partial charge in [0, 0.05) is 24.4 Å². The van der Waals surface area contributed by atoms with Gasteiger partial charge < -0.3 is 9.30 Å². The molecule has 0 bridgehead atoms. The molecular weight excluding hydrogens is 236 g/mol. The molecule has 1 aromatic heterocycles. The van der Waals surface area contributed by atoms with Crippen molar-refractivity contribution >= 4 is 0 Å². The summed E-state index contributed by atoms with van der Waals surface area (Å²) in [4.78, 5) is 4.18. The molecule has 1 aliphatic carbocycles. The van der Waals surface area contributed by atoms with Crippen LogP contribution in [-0.4, -0.2) is 16.7 Å². The average molecular weight is 262 g/mol. The van der Waals surface area contributed by atoms with E-state index in [1.54, 1.807) is 7.11 Å². The summed E-state index contributed by atoms with van der Waals surface area (Å²) >= 11 is 0. The molecule has 1 fully saturated rings. The summed E-state index contributed by atoms with van der Waals surface area (Å²) in [6.07, 6.45) is 14.4. The first-order valence-electron chi connectivity index (χ1n) is 7.37. The van der Waals surface area contributed by atoms with E-state index in [1.165, 1.54) is 37.7 Å². The first-order chi connectivity index (χ1) is 9.18. The van der Waals surface area contributed by atoms with E-state index in [9.17, 15) is 0 Å². The Morgan fingerprint density at radius 1 is 1.37 bits per heavy atom.